The van der Waals surface area contributed by atoms with Crippen molar-refractivity contribution in [2.24, 2.45) is 5.73 Å². The zero-order valence-electron chi connectivity index (χ0n) is 10.3. The number of halogens is 2. The topological polar surface area (TPSA) is 104 Å². The van der Waals surface area contributed by atoms with Crippen molar-refractivity contribution in [2.45, 2.75) is 18.6 Å². The molecule has 2 atom stereocenters. The maximum atomic E-state index is 13.5. The van der Waals surface area contributed by atoms with Crippen molar-refractivity contribution in [3.8, 4) is 0 Å². The summed E-state index contributed by atoms with van der Waals surface area (Å²) in [6.45, 7) is 0.260. The first-order valence-electron chi connectivity index (χ1n) is 5.89. The second-order valence-electron chi connectivity index (χ2n) is 4.52. The highest BCUT2D eigenvalue weighted by atomic mass is 19.1. The van der Waals surface area contributed by atoms with Gasteiger partial charge in [-0.05, 0) is 12.5 Å². The molecule has 20 heavy (non-hydrogen) atoms. The molecule has 6 nitrogen and oxygen atoms in total. The fourth-order valence-electron chi connectivity index (χ4n) is 1.97. The van der Waals surface area contributed by atoms with Crippen molar-refractivity contribution in [1.82, 2.24) is 5.32 Å². The molecule has 1 fully saturated rings. The minimum absolute atomic E-state index is 0.192. The van der Waals surface area contributed by atoms with Crippen LogP contribution < -0.4 is 16.4 Å². The molecule has 0 aromatic heterocycles. The molecule has 2 amide bonds. The Morgan fingerprint density at radius 3 is 2.60 bits per heavy atom. The van der Waals surface area contributed by atoms with Gasteiger partial charge in [0.05, 0.1) is 23.4 Å². The summed E-state index contributed by atoms with van der Waals surface area (Å²) in [5.74, 6) is -3.75. The van der Waals surface area contributed by atoms with E-state index in [-0.39, 0.29) is 18.7 Å². The maximum absolute atomic E-state index is 13.5. The molecule has 0 radical (unpaired) electrons. The van der Waals surface area contributed by atoms with E-state index in [0.29, 0.717) is 6.07 Å². The van der Waals surface area contributed by atoms with E-state index in [0.717, 1.165) is 6.07 Å². The number of aliphatic hydroxyl groups is 1. The number of aliphatic hydroxyl groups excluding tert-OH is 1. The summed E-state index contributed by atoms with van der Waals surface area (Å²) in [5, 5.41) is 14.3. The van der Waals surface area contributed by atoms with Crippen LogP contribution in [0.2, 0.25) is 0 Å². The molecular weight excluding hydrogens is 272 g/mol. The smallest absolute Gasteiger partial charge is 0.251 e. The SMILES string of the molecule is NC(=O)c1cc(NC(=O)C2CC(O)CN2)c(F)cc1F. The molecule has 2 rings (SSSR count). The first-order valence-corrected chi connectivity index (χ1v) is 5.89. The standard InChI is InChI=1S/C12H13F2N3O3/c13-7-3-8(14)9(2-6(7)11(15)19)17-12(20)10-1-5(18)4-16-10/h2-3,5,10,16,18H,1,4H2,(H2,15,19)(H,17,20). The quantitative estimate of drug-likeness (QED) is 0.613. The lowest BCUT2D eigenvalue weighted by molar-refractivity contribution is -0.118. The number of nitrogens with one attached hydrogen (secondary N) is 2. The summed E-state index contributed by atoms with van der Waals surface area (Å²) >= 11 is 0. The van der Waals surface area contributed by atoms with Crippen LogP contribution in [0, 0.1) is 11.6 Å². The Morgan fingerprint density at radius 1 is 1.35 bits per heavy atom. The van der Waals surface area contributed by atoms with Crippen LogP contribution in [0.5, 0.6) is 0 Å². The second-order valence-corrected chi connectivity index (χ2v) is 4.52. The first-order chi connectivity index (χ1) is 9.38. The van der Waals surface area contributed by atoms with Gasteiger partial charge in [0.2, 0.25) is 5.91 Å². The fourth-order valence-corrected chi connectivity index (χ4v) is 1.97. The number of amides is 2. The van der Waals surface area contributed by atoms with Crippen LogP contribution in [0.4, 0.5) is 14.5 Å². The van der Waals surface area contributed by atoms with Crippen LogP contribution in [-0.4, -0.2) is 35.6 Å². The molecule has 0 saturated carbocycles. The van der Waals surface area contributed by atoms with Crippen LogP contribution in [0.3, 0.4) is 0 Å². The fraction of sp³-hybridized carbons (Fsp3) is 0.333. The van der Waals surface area contributed by atoms with Gasteiger partial charge in [-0.1, -0.05) is 0 Å². The van der Waals surface area contributed by atoms with E-state index < -0.39 is 41.2 Å². The third-order valence-electron chi connectivity index (χ3n) is 3.00. The monoisotopic (exact) mass is 285 g/mol. The predicted molar refractivity (Wildman–Crippen MR) is 65.9 cm³/mol. The number of hydrogen-bond acceptors (Lipinski definition) is 4. The molecule has 1 aromatic carbocycles. The third-order valence-corrected chi connectivity index (χ3v) is 3.00. The first kappa shape index (κ1) is 14.4. The molecule has 1 aromatic rings. The summed E-state index contributed by atoms with van der Waals surface area (Å²) in [6, 6.07) is 0.648. The van der Waals surface area contributed by atoms with E-state index in [4.69, 9.17) is 5.73 Å². The van der Waals surface area contributed by atoms with Crippen molar-refractivity contribution in [3.05, 3.63) is 29.3 Å². The van der Waals surface area contributed by atoms with E-state index in [1.807, 2.05) is 0 Å². The second kappa shape index (κ2) is 5.51. The Labute approximate surface area is 113 Å². The van der Waals surface area contributed by atoms with Gasteiger partial charge < -0.3 is 21.5 Å². The minimum atomic E-state index is -1.09. The van der Waals surface area contributed by atoms with Gasteiger partial charge in [-0.15, -0.1) is 0 Å². The normalized spacial score (nSPS) is 21.8. The Bertz CT molecular complexity index is 565. The van der Waals surface area contributed by atoms with Gasteiger partial charge >= 0.3 is 0 Å². The van der Waals surface area contributed by atoms with Crippen LogP contribution in [0.15, 0.2) is 12.1 Å². The number of anilines is 1. The Kier molecular flexibility index (Phi) is 3.96. The van der Waals surface area contributed by atoms with E-state index in [2.05, 4.69) is 10.6 Å². The summed E-state index contributed by atoms with van der Waals surface area (Å²) in [4.78, 5) is 22.8. The van der Waals surface area contributed by atoms with Crippen LogP contribution in [0.25, 0.3) is 0 Å². The van der Waals surface area contributed by atoms with E-state index >= 15 is 0 Å². The number of benzene rings is 1. The van der Waals surface area contributed by atoms with Crippen LogP contribution in [-0.2, 0) is 4.79 Å². The average molecular weight is 285 g/mol. The molecule has 1 aliphatic rings. The predicted octanol–water partition coefficient (Wildman–Crippen LogP) is -0.275. The Morgan fingerprint density at radius 2 is 2.05 bits per heavy atom. The molecule has 1 aliphatic heterocycles. The van der Waals surface area contributed by atoms with E-state index in [1.54, 1.807) is 0 Å². The third kappa shape index (κ3) is 2.91. The molecule has 0 bridgehead atoms. The average Bonchev–Trinajstić information content (AvgIpc) is 2.79. The molecule has 0 aliphatic carbocycles. The molecular formula is C12H13F2N3O3. The molecule has 5 N–H and O–H groups in total. The van der Waals surface area contributed by atoms with E-state index in [9.17, 15) is 23.5 Å². The van der Waals surface area contributed by atoms with Crippen molar-refractivity contribution in [1.29, 1.82) is 0 Å². The molecule has 0 spiro atoms. The van der Waals surface area contributed by atoms with Gasteiger partial charge in [-0.3, -0.25) is 9.59 Å². The largest absolute Gasteiger partial charge is 0.392 e. The number of carbonyl (C=O) groups is 2. The lowest BCUT2D eigenvalue weighted by Gasteiger charge is -2.12. The lowest BCUT2D eigenvalue weighted by Crippen LogP contribution is -2.35. The molecule has 8 heteroatoms. The summed E-state index contributed by atoms with van der Waals surface area (Å²) < 4.78 is 26.8. The zero-order chi connectivity index (χ0) is 14.9. The van der Waals surface area contributed by atoms with Gasteiger partial charge in [0.25, 0.3) is 5.91 Å². The number of nitrogens with two attached hydrogens (primary N) is 1. The van der Waals surface area contributed by atoms with Crippen molar-refractivity contribution in [2.75, 3.05) is 11.9 Å². The van der Waals surface area contributed by atoms with Gasteiger partial charge in [0, 0.05) is 12.6 Å². The highest BCUT2D eigenvalue weighted by Crippen LogP contribution is 2.20. The number of carbonyl (C=O) groups excluding carboxylic acids is 2. The van der Waals surface area contributed by atoms with Gasteiger partial charge in [0.15, 0.2) is 0 Å². The lowest BCUT2D eigenvalue weighted by atomic mass is 10.1. The minimum Gasteiger partial charge on any atom is -0.392 e. The maximum Gasteiger partial charge on any atom is 0.251 e. The van der Waals surface area contributed by atoms with Gasteiger partial charge in [-0.25, -0.2) is 8.78 Å². The Balaban J connectivity index is 2.18. The highest BCUT2D eigenvalue weighted by Gasteiger charge is 2.28. The number of primary amides is 1. The number of hydrogen-bond donors (Lipinski definition) is 4. The summed E-state index contributed by atoms with van der Waals surface area (Å²) in [7, 11) is 0. The van der Waals surface area contributed by atoms with Crippen molar-refractivity contribution < 1.29 is 23.5 Å². The Hall–Kier alpha value is -2.06. The molecule has 1 saturated heterocycles. The van der Waals surface area contributed by atoms with Crippen LogP contribution in [0.1, 0.15) is 16.8 Å². The molecule has 1 heterocycles. The van der Waals surface area contributed by atoms with Gasteiger partial charge in [0.1, 0.15) is 11.6 Å². The number of β-amino-alcohol motifs (C(OH)–C–C–N with tert-alkyl or cyclic N) is 1. The van der Waals surface area contributed by atoms with E-state index in [1.165, 1.54) is 0 Å². The highest BCUT2D eigenvalue weighted by molar-refractivity contribution is 5.98. The van der Waals surface area contributed by atoms with Gasteiger partial charge in [-0.2, -0.15) is 0 Å². The molecule has 108 valence electrons. The van der Waals surface area contributed by atoms with Crippen LogP contribution >= 0.6 is 0 Å². The summed E-state index contributed by atoms with van der Waals surface area (Å²) in [5.41, 5.74) is 4.09. The summed E-state index contributed by atoms with van der Waals surface area (Å²) in [6.07, 6.45) is -0.456. The van der Waals surface area contributed by atoms with Crippen molar-refractivity contribution >= 4 is 17.5 Å². The van der Waals surface area contributed by atoms with Crippen molar-refractivity contribution in [3.63, 3.8) is 0 Å². The molecule has 2 unspecified atom stereocenters. The number of rotatable bonds is 3. The zero-order valence-corrected chi connectivity index (χ0v) is 10.3.